The van der Waals surface area contributed by atoms with Crippen LogP contribution in [0.25, 0.3) is 0 Å². The molecule has 2 aromatic rings. The van der Waals surface area contributed by atoms with E-state index in [1.807, 2.05) is 25.1 Å². The van der Waals surface area contributed by atoms with Crippen LogP contribution in [0.5, 0.6) is 5.75 Å². The van der Waals surface area contributed by atoms with Crippen molar-refractivity contribution in [2.75, 3.05) is 12.4 Å². The number of carbonyl (C=O) groups excluding carboxylic acids is 1. The lowest BCUT2D eigenvalue weighted by atomic mass is 10.1. The molecule has 1 unspecified atom stereocenters. The number of amides is 1. The highest BCUT2D eigenvalue weighted by atomic mass is 16.5. The summed E-state index contributed by atoms with van der Waals surface area (Å²) in [5.41, 5.74) is 2.12. The standard InChI is InChI=1S/C16H17NO3/c1-11-8-9-13(14(10-11)20-2)17-16(19)15(18)12-6-4-3-5-7-12/h3-10,15,18H,1-2H3,(H,17,19). The molecule has 4 heteroatoms. The summed E-state index contributed by atoms with van der Waals surface area (Å²) >= 11 is 0. The van der Waals surface area contributed by atoms with Gasteiger partial charge in [-0.15, -0.1) is 0 Å². The summed E-state index contributed by atoms with van der Waals surface area (Å²) in [6.07, 6.45) is -1.21. The maximum Gasteiger partial charge on any atom is 0.257 e. The Hall–Kier alpha value is -2.33. The van der Waals surface area contributed by atoms with Crippen molar-refractivity contribution in [3.63, 3.8) is 0 Å². The lowest BCUT2D eigenvalue weighted by molar-refractivity contribution is -0.124. The van der Waals surface area contributed by atoms with Crippen molar-refractivity contribution in [1.82, 2.24) is 0 Å². The average molecular weight is 271 g/mol. The number of ether oxygens (including phenoxy) is 1. The summed E-state index contributed by atoms with van der Waals surface area (Å²) in [4.78, 5) is 12.0. The Balaban J connectivity index is 2.16. The van der Waals surface area contributed by atoms with Crippen LogP contribution in [0, 0.1) is 6.92 Å². The number of anilines is 1. The zero-order chi connectivity index (χ0) is 14.5. The number of hydrogen-bond acceptors (Lipinski definition) is 3. The van der Waals surface area contributed by atoms with Crippen LogP contribution in [0.3, 0.4) is 0 Å². The van der Waals surface area contributed by atoms with Gasteiger partial charge < -0.3 is 15.2 Å². The fraction of sp³-hybridized carbons (Fsp3) is 0.188. The predicted octanol–water partition coefficient (Wildman–Crippen LogP) is 2.68. The van der Waals surface area contributed by atoms with Gasteiger partial charge in [-0.05, 0) is 30.2 Å². The van der Waals surface area contributed by atoms with E-state index < -0.39 is 12.0 Å². The summed E-state index contributed by atoms with van der Waals surface area (Å²) in [6.45, 7) is 1.94. The number of aryl methyl sites for hydroxylation is 1. The first-order valence-corrected chi connectivity index (χ1v) is 6.30. The number of aliphatic hydroxyl groups is 1. The molecule has 20 heavy (non-hydrogen) atoms. The van der Waals surface area contributed by atoms with Gasteiger partial charge in [0.2, 0.25) is 0 Å². The lowest BCUT2D eigenvalue weighted by Crippen LogP contribution is -2.21. The smallest absolute Gasteiger partial charge is 0.257 e. The van der Waals surface area contributed by atoms with Crippen molar-refractivity contribution in [1.29, 1.82) is 0 Å². The molecule has 2 N–H and O–H groups in total. The molecule has 0 radical (unpaired) electrons. The van der Waals surface area contributed by atoms with Gasteiger partial charge in [-0.1, -0.05) is 36.4 Å². The van der Waals surface area contributed by atoms with Crippen LogP contribution in [0.1, 0.15) is 17.2 Å². The molecule has 0 aliphatic heterocycles. The highest BCUT2D eigenvalue weighted by Gasteiger charge is 2.18. The summed E-state index contributed by atoms with van der Waals surface area (Å²) in [5, 5.41) is 12.7. The molecule has 1 amide bonds. The number of benzene rings is 2. The average Bonchev–Trinajstić information content (AvgIpc) is 2.49. The topological polar surface area (TPSA) is 58.6 Å². The van der Waals surface area contributed by atoms with E-state index in [1.54, 1.807) is 30.3 Å². The third-order valence-corrected chi connectivity index (χ3v) is 2.98. The summed E-state index contributed by atoms with van der Waals surface area (Å²) < 4.78 is 5.22. The Morgan fingerprint density at radius 2 is 1.90 bits per heavy atom. The highest BCUT2D eigenvalue weighted by molar-refractivity contribution is 5.95. The SMILES string of the molecule is COc1cc(C)ccc1NC(=O)C(O)c1ccccc1. The van der Waals surface area contributed by atoms with Gasteiger partial charge in [-0.2, -0.15) is 0 Å². The Labute approximate surface area is 118 Å². The molecule has 0 bridgehead atoms. The lowest BCUT2D eigenvalue weighted by Gasteiger charge is -2.14. The monoisotopic (exact) mass is 271 g/mol. The molecule has 2 rings (SSSR count). The molecule has 1 atom stereocenters. The first-order chi connectivity index (χ1) is 9.61. The largest absolute Gasteiger partial charge is 0.495 e. The van der Waals surface area contributed by atoms with Crippen LogP contribution in [0.2, 0.25) is 0 Å². The van der Waals surface area contributed by atoms with E-state index >= 15 is 0 Å². The van der Waals surface area contributed by atoms with Crippen molar-refractivity contribution in [3.8, 4) is 5.75 Å². The van der Waals surface area contributed by atoms with Gasteiger partial charge in [0.05, 0.1) is 12.8 Å². The fourth-order valence-electron chi connectivity index (χ4n) is 1.89. The van der Waals surface area contributed by atoms with E-state index in [-0.39, 0.29) is 0 Å². The van der Waals surface area contributed by atoms with E-state index in [0.29, 0.717) is 17.0 Å². The molecule has 0 saturated heterocycles. The molecule has 104 valence electrons. The van der Waals surface area contributed by atoms with Gasteiger partial charge in [-0.25, -0.2) is 0 Å². The number of rotatable bonds is 4. The van der Waals surface area contributed by atoms with Crippen LogP contribution >= 0.6 is 0 Å². The molecule has 2 aromatic carbocycles. The Kier molecular flexibility index (Phi) is 4.38. The molecule has 0 spiro atoms. The minimum Gasteiger partial charge on any atom is -0.495 e. The number of nitrogens with one attached hydrogen (secondary N) is 1. The predicted molar refractivity (Wildman–Crippen MR) is 77.8 cm³/mol. The number of methoxy groups -OCH3 is 1. The molecule has 0 aliphatic rings. The highest BCUT2D eigenvalue weighted by Crippen LogP contribution is 2.26. The number of carbonyl (C=O) groups is 1. The summed E-state index contributed by atoms with van der Waals surface area (Å²) in [6, 6.07) is 14.2. The van der Waals surface area contributed by atoms with Crippen molar-refractivity contribution in [2.45, 2.75) is 13.0 Å². The zero-order valence-electron chi connectivity index (χ0n) is 11.5. The third-order valence-electron chi connectivity index (χ3n) is 2.98. The van der Waals surface area contributed by atoms with Crippen molar-refractivity contribution in [3.05, 3.63) is 59.7 Å². The van der Waals surface area contributed by atoms with Crippen LogP contribution in [0.4, 0.5) is 5.69 Å². The molecular weight excluding hydrogens is 254 g/mol. The zero-order valence-corrected chi connectivity index (χ0v) is 11.5. The quantitative estimate of drug-likeness (QED) is 0.898. The molecule has 0 fully saturated rings. The minimum atomic E-state index is -1.21. The normalized spacial score (nSPS) is 11.8. The minimum absolute atomic E-state index is 0.488. The second-order valence-electron chi connectivity index (χ2n) is 4.51. The number of hydrogen-bond donors (Lipinski definition) is 2. The van der Waals surface area contributed by atoms with E-state index in [4.69, 9.17) is 4.74 Å². The molecule has 0 aliphatic carbocycles. The second-order valence-corrected chi connectivity index (χ2v) is 4.51. The van der Waals surface area contributed by atoms with Gasteiger partial charge in [-0.3, -0.25) is 4.79 Å². The molecule has 0 saturated carbocycles. The van der Waals surface area contributed by atoms with Crippen molar-refractivity contribution in [2.24, 2.45) is 0 Å². The maximum atomic E-state index is 12.0. The van der Waals surface area contributed by atoms with Gasteiger partial charge in [0.15, 0.2) is 6.10 Å². The van der Waals surface area contributed by atoms with E-state index in [9.17, 15) is 9.90 Å². The molecular formula is C16H17NO3. The van der Waals surface area contributed by atoms with Crippen LogP contribution in [-0.4, -0.2) is 18.1 Å². The van der Waals surface area contributed by atoms with Gasteiger partial charge in [0.1, 0.15) is 5.75 Å². The molecule has 0 heterocycles. The van der Waals surface area contributed by atoms with Gasteiger partial charge in [0.25, 0.3) is 5.91 Å². The van der Waals surface area contributed by atoms with E-state index in [0.717, 1.165) is 5.56 Å². The Morgan fingerprint density at radius 3 is 2.55 bits per heavy atom. The van der Waals surface area contributed by atoms with Crippen molar-refractivity contribution < 1.29 is 14.6 Å². The first kappa shape index (κ1) is 14.1. The number of aliphatic hydroxyl groups excluding tert-OH is 1. The third kappa shape index (κ3) is 3.16. The molecule has 0 aromatic heterocycles. The fourth-order valence-corrected chi connectivity index (χ4v) is 1.89. The Bertz CT molecular complexity index is 596. The molecule has 4 nitrogen and oxygen atoms in total. The van der Waals surface area contributed by atoms with Crippen LogP contribution < -0.4 is 10.1 Å². The first-order valence-electron chi connectivity index (χ1n) is 6.30. The van der Waals surface area contributed by atoms with Gasteiger partial charge >= 0.3 is 0 Å². The Morgan fingerprint density at radius 1 is 1.20 bits per heavy atom. The van der Waals surface area contributed by atoms with Crippen LogP contribution in [-0.2, 0) is 4.79 Å². The maximum absolute atomic E-state index is 12.0. The van der Waals surface area contributed by atoms with Gasteiger partial charge in [0, 0.05) is 0 Å². The summed E-state index contributed by atoms with van der Waals surface area (Å²) in [7, 11) is 1.54. The van der Waals surface area contributed by atoms with E-state index in [1.165, 1.54) is 7.11 Å². The second kappa shape index (κ2) is 6.21. The van der Waals surface area contributed by atoms with Crippen molar-refractivity contribution >= 4 is 11.6 Å². The van der Waals surface area contributed by atoms with Crippen LogP contribution in [0.15, 0.2) is 48.5 Å². The van der Waals surface area contributed by atoms with E-state index in [2.05, 4.69) is 5.32 Å². The summed E-state index contributed by atoms with van der Waals surface area (Å²) in [5.74, 6) is 0.0805.